The third kappa shape index (κ3) is 9.57. The molecule has 0 saturated heterocycles. The highest BCUT2D eigenvalue weighted by molar-refractivity contribution is 7.89. The van der Waals surface area contributed by atoms with E-state index in [0.29, 0.717) is 12.3 Å². The first-order valence-electron chi connectivity index (χ1n) is 16.0. The number of sulfonamides is 1. The van der Waals surface area contributed by atoms with E-state index in [0.717, 1.165) is 15.1 Å². The molecule has 0 fully saturated rings. The number of nitrogens with zero attached hydrogens (tertiary/aromatic N) is 4. The molecule has 2 heterocycles. The number of imidazole rings is 1. The van der Waals surface area contributed by atoms with Crippen molar-refractivity contribution in [3.8, 4) is 11.6 Å². The number of rotatable bonds is 17. The number of carbonyl (C=O) groups excluding carboxylic acids is 1. The van der Waals surface area contributed by atoms with Gasteiger partial charge in [0.05, 0.1) is 42.1 Å². The van der Waals surface area contributed by atoms with Gasteiger partial charge in [0.15, 0.2) is 0 Å². The van der Waals surface area contributed by atoms with Crippen LogP contribution in [0.1, 0.15) is 50.0 Å². The van der Waals surface area contributed by atoms with Crippen molar-refractivity contribution in [3.05, 3.63) is 92.9 Å². The lowest BCUT2D eigenvalue weighted by molar-refractivity contribution is -0.127. The minimum Gasteiger partial charge on any atom is -0.508 e. The van der Waals surface area contributed by atoms with Crippen molar-refractivity contribution in [1.82, 2.24) is 23.7 Å². The molecule has 0 aliphatic rings. The van der Waals surface area contributed by atoms with Gasteiger partial charge in [-0.3, -0.25) is 13.9 Å². The van der Waals surface area contributed by atoms with Crippen molar-refractivity contribution in [3.63, 3.8) is 0 Å². The van der Waals surface area contributed by atoms with Crippen molar-refractivity contribution < 1.29 is 33.3 Å². The van der Waals surface area contributed by atoms with Crippen LogP contribution in [0.2, 0.25) is 0 Å². The van der Waals surface area contributed by atoms with Crippen LogP contribution >= 0.6 is 11.3 Å². The Morgan fingerprint density at radius 3 is 2.33 bits per heavy atom. The number of aliphatic hydroxyl groups excluding tert-OH is 1. The van der Waals surface area contributed by atoms with E-state index in [-0.39, 0.29) is 48.5 Å². The average molecular weight is 716 g/mol. The summed E-state index contributed by atoms with van der Waals surface area (Å²) in [6, 6.07) is 12.3. The third-order valence-electron chi connectivity index (χ3n) is 7.89. The molecular weight excluding hydrogens is 671 g/mol. The van der Waals surface area contributed by atoms with Gasteiger partial charge < -0.3 is 25.4 Å². The molecule has 2 aromatic heterocycles. The van der Waals surface area contributed by atoms with E-state index in [2.05, 4.69) is 10.3 Å². The number of aromatic hydroxyl groups is 2. The molecule has 4 rings (SSSR count). The number of hydrogen-bond acceptors (Lipinski definition) is 10. The Kier molecular flexibility index (Phi) is 12.8. The maximum atomic E-state index is 14.1. The monoisotopic (exact) mass is 715 g/mol. The molecule has 49 heavy (non-hydrogen) atoms. The topological polar surface area (TPSA) is 176 Å². The van der Waals surface area contributed by atoms with Gasteiger partial charge in [-0.25, -0.2) is 18.2 Å². The summed E-state index contributed by atoms with van der Waals surface area (Å²) in [4.78, 5) is 32.0. The minimum atomic E-state index is -4.09. The van der Waals surface area contributed by atoms with Crippen LogP contribution in [0.15, 0.2) is 75.9 Å². The van der Waals surface area contributed by atoms with Gasteiger partial charge in [0.25, 0.3) is 0 Å². The minimum absolute atomic E-state index is 0.0130. The highest BCUT2D eigenvalue weighted by Crippen LogP contribution is 2.24. The molecule has 0 bridgehead atoms. The van der Waals surface area contributed by atoms with Gasteiger partial charge in [-0.2, -0.15) is 4.31 Å². The fourth-order valence-corrected chi connectivity index (χ4v) is 7.94. The van der Waals surface area contributed by atoms with Crippen molar-refractivity contribution in [2.24, 2.45) is 11.8 Å². The summed E-state index contributed by atoms with van der Waals surface area (Å²) in [7, 11) is -2.53. The van der Waals surface area contributed by atoms with E-state index in [9.17, 15) is 33.3 Å². The summed E-state index contributed by atoms with van der Waals surface area (Å²) in [6.07, 6.45) is 0.0252. The zero-order valence-electron chi connectivity index (χ0n) is 28.3. The first-order valence-corrected chi connectivity index (χ1v) is 18.3. The molecule has 3 atom stereocenters. The SMILES string of the molecule is COCc1nc(Cn2c(O)cn([C@H](C(=O)N[C@@H](Cc3ccccc3)[C@H](O)CN(CC(C)C)S(=O)(=O)c3ccc(O)cc3)C(C)C)c2=O)cs1. The second kappa shape index (κ2) is 16.6. The number of ether oxygens (including phenoxy) is 1. The Labute approximate surface area is 290 Å². The second-order valence-electron chi connectivity index (χ2n) is 12.7. The van der Waals surface area contributed by atoms with E-state index >= 15 is 0 Å². The first-order chi connectivity index (χ1) is 23.2. The zero-order valence-corrected chi connectivity index (χ0v) is 29.9. The third-order valence-corrected chi connectivity index (χ3v) is 10.6. The molecule has 2 aromatic carbocycles. The lowest BCUT2D eigenvalue weighted by Gasteiger charge is -2.32. The van der Waals surface area contributed by atoms with Gasteiger partial charge in [-0.1, -0.05) is 58.0 Å². The van der Waals surface area contributed by atoms with Crippen LogP contribution in [-0.4, -0.2) is 80.4 Å². The Morgan fingerprint density at radius 1 is 1.04 bits per heavy atom. The molecule has 0 unspecified atom stereocenters. The summed E-state index contributed by atoms with van der Waals surface area (Å²) in [5.41, 5.74) is 0.731. The van der Waals surface area contributed by atoms with Crippen molar-refractivity contribution in [2.75, 3.05) is 20.2 Å². The highest BCUT2D eigenvalue weighted by atomic mass is 32.2. The summed E-state index contributed by atoms with van der Waals surface area (Å²) >= 11 is 1.37. The Balaban J connectivity index is 1.63. The van der Waals surface area contributed by atoms with Crippen LogP contribution in [0, 0.1) is 11.8 Å². The van der Waals surface area contributed by atoms with E-state index in [1.165, 1.54) is 50.7 Å². The number of thiazole rings is 1. The maximum absolute atomic E-state index is 14.1. The normalized spacial score (nSPS) is 14.0. The summed E-state index contributed by atoms with van der Waals surface area (Å²) in [6.45, 7) is 7.30. The van der Waals surface area contributed by atoms with Gasteiger partial charge in [-0.15, -0.1) is 11.3 Å². The average Bonchev–Trinajstić information content (AvgIpc) is 3.60. The zero-order chi connectivity index (χ0) is 35.9. The van der Waals surface area contributed by atoms with E-state index < -0.39 is 45.7 Å². The number of aromatic nitrogens is 3. The summed E-state index contributed by atoms with van der Waals surface area (Å²) in [5.74, 6) is -1.51. The molecular formula is C34H45N5O8S2. The molecule has 4 aromatic rings. The van der Waals surface area contributed by atoms with Gasteiger partial charge in [0.2, 0.25) is 21.8 Å². The van der Waals surface area contributed by atoms with Crippen LogP contribution in [0.5, 0.6) is 11.6 Å². The quantitative estimate of drug-likeness (QED) is 0.128. The molecule has 0 radical (unpaired) electrons. The number of hydrogen-bond donors (Lipinski definition) is 4. The van der Waals surface area contributed by atoms with Crippen LogP contribution in [0.4, 0.5) is 0 Å². The number of phenols is 1. The first kappa shape index (κ1) is 37.8. The molecule has 266 valence electrons. The number of benzene rings is 2. The molecule has 13 nitrogen and oxygen atoms in total. The van der Waals surface area contributed by atoms with Gasteiger partial charge in [0, 0.05) is 25.6 Å². The number of methoxy groups -OCH3 is 1. The number of carbonyl (C=O) groups is 1. The molecule has 0 spiro atoms. The molecule has 15 heteroatoms. The fraction of sp³-hybridized carbons (Fsp3) is 0.441. The smallest absolute Gasteiger partial charge is 0.332 e. The number of amides is 1. The molecule has 0 saturated carbocycles. The van der Waals surface area contributed by atoms with E-state index in [1.807, 2.05) is 44.2 Å². The fourth-order valence-electron chi connectivity index (χ4n) is 5.56. The number of phenolic OH excluding ortho intramolecular Hbond substituents is 1. The lowest BCUT2D eigenvalue weighted by Crippen LogP contribution is -2.53. The predicted molar refractivity (Wildman–Crippen MR) is 186 cm³/mol. The standard InChI is InChI=1S/C34H45N5O8S2/c1-22(2)16-37(49(45,46)27-13-11-26(40)12-14-27)18-29(41)28(15-24-9-7-6-8-10-24)36-33(43)32(23(3)4)39-19-31(42)38(34(39)44)17-25-21-48-30(35-25)20-47-5/h6-14,19,21-23,28-29,32,40-42H,15-18,20H2,1-5H3,(H,36,43)/t28-,29+,32-/m0/s1. The van der Waals surface area contributed by atoms with Crippen LogP contribution in [0.25, 0.3) is 0 Å². The Hall–Kier alpha value is -4.02. The maximum Gasteiger partial charge on any atom is 0.332 e. The number of nitrogens with one attached hydrogen (secondary N) is 1. The van der Waals surface area contributed by atoms with Gasteiger partial charge >= 0.3 is 5.69 Å². The Bertz CT molecular complexity index is 1840. The van der Waals surface area contributed by atoms with Crippen molar-refractivity contribution in [2.45, 2.75) is 70.4 Å². The van der Waals surface area contributed by atoms with Crippen LogP contribution in [-0.2, 0) is 39.1 Å². The molecule has 4 N–H and O–H groups in total. The second-order valence-corrected chi connectivity index (χ2v) is 15.6. The lowest BCUT2D eigenvalue weighted by atomic mass is 9.98. The van der Waals surface area contributed by atoms with Gasteiger partial charge in [0.1, 0.15) is 16.8 Å². The summed E-state index contributed by atoms with van der Waals surface area (Å²) in [5, 5.41) is 37.5. The van der Waals surface area contributed by atoms with E-state index in [1.54, 1.807) is 26.3 Å². The highest BCUT2D eigenvalue weighted by Gasteiger charge is 2.34. The molecule has 0 aliphatic carbocycles. The predicted octanol–water partition coefficient (Wildman–Crippen LogP) is 3.34. The summed E-state index contributed by atoms with van der Waals surface area (Å²) < 4.78 is 36.0. The van der Waals surface area contributed by atoms with Crippen LogP contribution < -0.4 is 11.0 Å². The van der Waals surface area contributed by atoms with Crippen LogP contribution in [0.3, 0.4) is 0 Å². The molecule has 0 aliphatic heterocycles. The van der Waals surface area contributed by atoms with Crippen molar-refractivity contribution >= 4 is 27.3 Å². The van der Waals surface area contributed by atoms with Gasteiger partial charge in [-0.05, 0) is 48.1 Å². The largest absolute Gasteiger partial charge is 0.508 e. The number of aliphatic hydroxyl groups is 1. The van der Waals surface area contributed by atoms with Crippen molar-refractivity contribution in [1.29, 1.82) is 0 Å². The van der Waals surface area contributed by atoms with E-state index in [4.69, 9.17) is 4.74 Å². The Morgan fingerprint density at radius 2 is 1.71 bits per heavy atom. The molecule has 1 amide bonds.